The Labute approximate surface area is 162 Å². The summed E-state index contributed by atoms with van der Waals surface area (Å²) in [5.74, 6) is 0.160. The van der Waals surface area contributed by atoms with Gasteiger partial charge in [0.25, 0.3) is 0 Å². The highest BCUT2D eigenvalue weighted by Gasteiger charge is 2.26. The fraction of sp³-hybridized carbons (Fsp3) is 0.562. The maximum atomic E-state index is 8.69. The van der Waals surface area contributed by atoms with E-state index in [2.05, 4.69) is 27.1 Å². The lowest BCUT2D eigenvalue weighted by Crippen LogP contribution is -2.49. The van der Waals surface area contributed by atoms with Crippen LogP contribution >= 0.6 is 37.2 Å². The van der Waals surface area contributed by atoms with E-state index in [1.165, 1.54) is 31.4 Å². The number of anilines is 1. The van der Waals surface area contributed by atoms with Gasteiger partial charge in [-0.15, -0.1) is 37.2 Å². The van der Waals surface area contributed by atoms with Crippen molar-refractivity contribution in [1.29, 1.82) is 0 Å². The van der Waals surface area contributed by atoms with E-state index in [1.807, 2.05) is 12.1 Å². The van der Waals surface area contributed by atoms with E-state index in [1.54, 1.807) is 0 Å². The number of hydrogen-bond donors (Lipinski definition) is 2. The molecule has 0 aromatic heterocycles. The van der Waals surface area contributed by atoms with Crippen LogP contribution in [0.15, 0.2) is 29.4 Å². The topological polar surface area (TPSA) is 65.1 Å². The Hall–Kier alpha value is -0.880. The second kappa shape index (κ2) is 10.9. The van der Waals surface area contributed by atoms with Gasteiger partial charge in [0.05, 0.1) is 0 Å². The van der Waals surface area contributed by atoms with Gasteiger partial charge >= 0.3 is 0 Å². The molecule has 2 fully saturated rings. The molecular formula is C16H27Cl3N4O. The Morgan fingerprint density at radius 1 is 0.958 bits per heavy atom. The number of oxime groups is 1. The van der Waals surface area contributed by atoms with Gasteiger partial charge < -0.3 is 15.8 Å². The summed E-state index contributed by atoms with van der Waals surface area (Å²) in [6.45, 7) is 4.48. The average Bonchev–Trinajstić information content (AvgIpc) is 3.09. The summed E-state index contributed by atoms with van der Waals surface area (Å²) in [6.07, 6.45) is 5.57. The molecule has 5 nitrogen and oxygen atoms in total. The lowest BCUT2D eigenvalue weighted by molar-refractivity contribution is 0.187. The van der Waals surface area contributed by atoms with Gasteiger partial charge in [0.1, 0.15) is 0 Å². The van der Waals surface area contributed by atoms with Crippen molar-refractivity contribution in [2.75, 3.05) is 31.1 Å². The highest BCUT2D eigenvalue weighted by Crippen LogP contribution is 2.25. The van der Waals surface area contributed by atoms with Crippen molar-refractivity contribution in [2.45, 2.75) is 31.7 Å². The van der Waals surface area contributed by atoms with E-state index < -0.39 is 0 Å². The predicted molar refractivity (Wildman–Crippen MR) is 107 cm³/mol. The SMILES string of the molecule is Cl.Cl.Cl.NC(=NO)c1ccc(N2CCN(C3CCCC3)CC2)cc1. The van der Waals surface area contributed by atoms with Gasteiger partial charge in [-0.25, -0.2) is 0 Å². The van der Waals surface area contributed by atoms with Crippen LogP contribution in [0.4, 0.5) is 5.69 Å². The van der Waals surface area contributed by atoms with Crippen molar-refractivity contribution >= 4 is 48.7 Å². The normalized spacial score (nSPS) is 19.2. The lowest BCUT2D eigenvalue weighted by atomic mass is 10.1. The van der Waals surface area contributed by atoms with Crippen molar-refractivity contribution in [3.8, 4) is 0 Å². The molecule has 1 saturated heterocycles. The predicted octanol–water partition coefficient (Wildman–Crippen LogP) is 3.11. The minimum absolute atomic E-state index is 0. The molecule has 1 heterocycles. The molecule has 8 heteroatoms. The van der Waals surface area contributed by atoms with Gasteiger partial charge in [-0.05, 0) is 37.1 Å². The maximum absolute atomic E-state index is 8.69. The fourth-order valence-electron chi connectivity index (χ4n) is 3.52. The van der Waals surface area contributed by atoms with Crippen LogP contribution in [0.25, 0.3) is 0 Å². The Morgan fingerprint density at radius 2 is 1.50 bits per heavy atom. The van der Waals surface area contributed by atoms with E-state index in [0.717, 1.165) is 37.8 Å². The monoisotopic (exact) mass is 396 g/mol. The first kappa shape index (κ1) is 23.1. The molecule has 0 unspecified atom stereocenters. The molecule has 0 amide bonds. The molecule has 1 aromatic carbocycles. The second-order valence-electron chi connectivity index (χ2n) is 5.99. The quantitative estimate of drug-likeness (QED) is 0.356. The van der Waals surface area contributed by atoms with Crippen molar-refractivity contribution < 1.29 is 5.21 Å². The average molecular weight is 398 g/mol. The van der Waals surface area contributed by atoms with Crippen LogP contribution in [0.2, 0.25) is 0 Å². The van der Waals surface area contributed by atoms with E-state index in [9.17, 15) is 0 Å². The largest absolute Gasteiger partial charge is 0.409 e. The summed E-state index contributed by atoms with van der Waals surface area (Å²) in [4.78, 5) is 5.08. The third-order valence-corrected chi connectivity index (χ3v) is 4.79. The number of nitrogens with two attached hydrogens (primary N) is 1. The van der Waals surface area contributed by atoms with Gasteiger partial charge in [-0.3, -0.25) is 4.90 Å². The number of halogens is 3. The number of piperazine rings is 1. The molecule has 0 atom stereocenters. The first-order chi connectivity index (χ1) is 10.3. The molecule has 2 aliphatic rings. The van der Waals surface area contributed by atoms with Gasteiger partial charge in [0, 0.05) is 43.5 Å². The van der Waals surface area contributed by atoms with Gasteiger partial charge in [0.2, 0.25) is 0 Å². The number of hydrogen-bond acceptors (Lipinski definition) is 4. The second-order valence-corrected chi connectivity index (χ2v) is 5.99. The van der Waals surface area contributed by atoms with Gasteiger partial charge in [0.15, 0.2) is 5.84 Å². The Kier molecular flexibility index (Phi) is 10.5. The summed E-state index contributed by atoms with van der Waals surface area (Å²) >= 11 is 0. The molecule has 24 heavy (non-hydrogen) atoms. The summed E-state index contributed by atoms with van der Waals surface area (Å²) in [7, 11) is 0. The molecule has 1 aromatic rings. The van der Waals surface area contributed by atoms with Crippen molar-refractivity contribution in [3.63, 3.8) is 0 Å². The van der Waals surface area contributed by atoms with Crippen molar-refractivity contribution in [2.24, 2.45) is 10.9 Å². The molecule has 1 aliphatic heterocycles. The fourth-order valence-corrected chi connectivity index (χ4v) is 3.52. The minimum atomic E-state index is 0. The number of nitrogens with zero attached hydrogens (tertiary/aromatic N) is 3. The summed E-state index contributed by atoms with van der Waals surface area (Å²) in [5, 5.41) is 11.7. The van der Waals surface area contributed by atoms with Crippen molar-refractivity contribution in [3.05, 3.63) is 29.8 Å². The van der Waals surface area contributed by atoms with E-state index in [0.29, 0.717) is 0 Å². The zero-order chi connectivity index (χ0) is 14.7. The third-order valence-electron chi connectivity index (χ3n) is 4.79. The molecular weight excluding hydrogens is 371 g/mol. The number of benzene rings is 1. The lowest BCUT2D eigenvalue weighted by Gasteiger charge is -2.39. The van der Waals surface area contributed by atoms with Crippen molar-refractivity contribution in [1.82, 2.24) is 4.90 Å². The molecule has 1 saturated carbocycles. The Balaban J connectivity index is 0.00000176. The highest BCUT2D eigenvalue weighted by molar-refractivity contribution is 5.97. The minimum Gasteiger partial charge on any atom is -0.409 e. The molecule has 0 spiro atoms. The summed E-state index contributed by atoms with van der Waals surface area (Å²) in [5.41, 5.74) is 7.56. The summed E-state index contributed by atoms with van der Waals surface area (Å²) in [6, 6.07) is 8.76. The van der Waals surface area contributed by atoms with Crippen LogP contribution in [0.3, 0.4) is 0 Å². The molecule has 0 radical (unpaired) electrons. The smallest absolute Gasteiger partial charge is 0.170 e. The van der Waals surface area contributed by atoms with Crippen LogP contribution in [-0.4, -0.2) is 48.2 Å². The number of rotatable bonds is 3. The first-order valence-electron chi connectivity index (χ1n) is 7.85. The zero-order valence-electron chi connectivity index (χ0n) is 13.6. The Bertz CT molecular complexity index is 499. The number of amidine groups is 1. The molecule has 1 aliphatic carbocycles. The van der Waals surface area contributed by atoms with Crippen LogP contribution in [0, 0.1) is 0 Å². The van der Waals surface area contributed by atoms with Crippen LogP contribution in [0.5, 0.6) is 0 Å². The molecule has 3 rings (SSSR count). The van der Waals surface area contributed by atoms with Crippen LogP contribution < -0.4 is 10.6 Å². The van der Waals surface area contributed by atoms with Gasteiger partial charge in [-0.1, -0.05) is 18.0 Å². The van der Waals surface area contributed by atoms with E-state index >= 15 is 0 Å². The van der Waals surface area contributed by atoms with E-state index in [-0.39, 0.29) is 43.1 Å². The van der Waals surface area contributed by atoms with E-state index in [4.69, 9.17) is 10.9 Å². The standard InChI is InChI=1S/C16H24N4O.3ClH/c17-16(18-21)13-5-7-15(8-6-13)20-11-9-19(10-12-20)14-3-1-2-4-14;;;/h5-8,14,21H,1-4,9-12H2,(H2,17,18);3*1H. The summed E-state index contributed by atoms with van der Waals surface area (Å²) < 4.78 is 0. The molecule has 138 valence electrons. The van der Waals surface area contributed by atoms with Gasteiger partial charge in [-0.2, -0.15) is 0 Å². The maximum Gasteiger partial charge on any atom is 0.170 e. The zero-order valence-corrected chi connectivity index (χ0v) is 16.1. The molecule has 3 N–H and O–H groups in total. The third kappa shape index (κ3) is 5.31. The highest BCUT2D eigenvalue weighted by atomic mass is 35.5. The molecule has 0 bridgehead atoms. The van der Waals surface area contributed by atoms with Crippen LogP contribution in [-0.2, 0) is 0 Å². The Morgan fingerprint density at radius 3 is 2.00 bits per heavy atom. The first-order valence-corrected chi connectivity index (χ1v) is 7.85. The van der Waals surface area contributed by atoms with Crippen LogP contribution in [0.1, 0.15) is 31.2 Å².